The van der Waals surface area contributed by atoms with Crippen molar-refractivity contribution in [1.82, 2.24) is 9.80 Å². The molecule has 0 N–H and O–H groups in total. The van der Waals surface area contributed by atoms with Crippen molar-refractivity contribution >= 4 is 35.2 Å². The van der Waals surface area contributed by atoms with Crippen LogP contribution in [0.15, 0.2) is 105 Å². The first kappa shape index (κ1) is 29.8. The van der Waals surface area contributed by atoms with Gasteiger partial charge < -0.3 is 40.4 Å². The highest BCUT2D eigenvalue weighted by atomic mass is 79.9. The van der Waals surface area contributed by atoms with Gasteiger partial charge in [-0.05, 0) is 49.7 Å². The molecule has 2 aliphatic rings. The Balaban J connectivity index is 0.00000353. The number of halogens is 1. The van der Waals surface area contributed by atoms with E-state index in [-0.39, 0.29) is 52.7 Å². The van der Waals surface area contributed by atoms with Crippen LogP contribution >= 0.6 is 7.26 Å². The van der Waals surface area contributed by atoms with E-state index < -0.39 is 19.2 Å². The van der Waals surface area contributed by atoms with Crippen molar-refractivity contribution in [3.8, 4) is 0 Å². The van der Waals surface area contributed by atoms with E-state index in [9.17, 15) is 14.4 Å². The number of rotatable bonds is 7. The highest BCUT2D eigenvalue weighted by Gasteiger charge is 2.59. The van der Waals surface area contributed by atoms with E-state index in [1.165, 1.54) is 15.9 Å². The predicted molar refractivity (Wildman–Crippen MR) is 157 cm³/mol. The van der Waals surface area contributed by atoms with Gasteiger partial charge in [-0.15, -0.1) is 0 Å². The number of aryl methyl sites for hydroxylation is 1. The summed E-state index contributed by atoms with van der Waals surface area (Å²) in [4.78, 5) is 42.2. The lowest BCUT2D eigenvalue weighted by Crippen LogP contribution is -3.00. The second kappa shape index (κ2) is 12.7. The van der Waals surface area contributed by atoms with Crippen LogP contribution in [0.3, 0.4) is 0 Å². The van der Waals surface area contributed by atoms with E-state index in [0.29, 0.717) is 26.1 Å². The van der Waals surface area contributed by atoms with Crippen LogP contribution in [0.4, 0.5) is 4.79 Å². The summed E-state index contributed by atoms with van der Waals surface area (Å²) < 4.78 is 15.2. The van der Waals surface area contributed by atoms with Gasteiger partial charge in [-0.2, -0.15) is 0 Å². The summed E-state index contributed by atoms with van der Waals surface area (Å²) >= 11 is 0. The second-order valence-electron chi connectivity index (χ2n) is 10.4. The maximum Gasteiger partial charge on any atom is 0.519 e. The molecule has 2 aliphatic heterocycles. The molecule has 218 valence electrons. The van der Waals surface area contributed by atoms with Crippen LogP contribution in [0.1, 0.15) is 24.4 Å². The van der Waals surface area contributed by atoms with Crippen molar-refractivity contribution in [2.45, 2.75) is 38.1 Å². The van der Waals surface area contributed by atoms with Gasteiger partial charge in [0.25, 0.3) is 5.91 Å². The van der Waals surface area contributed by atoms with Gasteiger partial charge in [0.1, 0.15) is 23.2 Å². The minimum atomic E-state index is -2.36. The first-order valence-corrected chi connectivity index (χ1v) is 15.7. The molecular weight excluding hydrogens is 619 g/mol. The maximum atomic E-state index is 14.5. The Morgan fingerprint density at radius 2 is 1.38 bits per heavy atom. The number of carbonyl (C=O) groups excluding carboxylic acids is 2. The number of nitrogens with zero attached hydrogens (tertiary/aromatic N) is 2. The molecule has 0 radical (unpaired) electrons. The zero-order valence-electron chi connectivity index (χ0n) is 23.2. The van der Waals surface area contributed by atoms with Gasteiger partial charge in [0.05, 0.1) is 6.04 Å². The third-order valence-electron chi connectivity index (χ3n) is 8.19. The summed E-state index contributed by atoms with van der Waals surface area (Å²) in [6.07, 6.45) is 0.921. The number of hydrogen-bond acceptors (Lipinski definition) is 6. The number of likely N-dealkylation sites (tertiary alicyclic amines) is 2. The zero-order valence-corrected chi connectivity index (χ0v) is 25.7. The molecule has 42 heavy (non-hydrogen) atoms. The molecule has 10 heteroatoms. The third kappa shape index (κ3) is 5.43. The fourth-order valence-electron chi connectivity index (χ4n) is 6.27. The first-order valence-electron chi connectivity index (χ1n) is 13.9. The zero-order chi connectivity index (χ0) is 28.4. The monoisotopic (exact) mass is 650 g/mol. The normalized spacial score (nSPS) is 18.6. The van der Waals surface area contributed by atoms with Crippen molar-refractivity contribution in [3.63, 3.8) is 0 Å². The van der Waals surface area contributed by atoms with E-state index in [1.54, 1.807) is 11.8 Å². The fraction of sp³-hybridized carbons (Fsp3) is 0.281. The molecule has 2 saturated heterocycles. The molecule has 0 spiro atoms. The van der Waals surface area contributed by atoms with E-state index in [4.69, 9.17) is 13.6 Å². The molecule has 0 bridgehead atoms. The summed E-state index contributed by atoms with van der Waals surface area (Å²) in [5.74, 6) is -0.194. The van der Waals surface area contributed by atoms with Crippen LogP contribution in [0.5, 0.6) is 0 Å². The summed E-state index contributed by atoms with van der Waals surface area (Å²) in [6, 6.07) is 31.3. The Bertz CT molecular complexity index is 1480. The number of benzene rings is 3. The highest BCUT2D eigenvalue weighted by molar-refractivity contribution is 7.96. The summed E-state index contributed by atoms with van der Waals surface area (Å²) in [7, 11) is -2.36. The Hall–Kier alpha value is -3.68. The lowest BCUT2D eigenvalue weighted by molar-refractivity contribution is -0.129. The molecule has 3 aromatic carbocycles. The lowest BCUT2D eigenvalue weighted by Gasteiger charge is -2.32. The van der Waals surface area contributed by atoms with Gasteiger partial charge in [0.2, 0.25) is 0 Å². The summed E-state index contributed by atoms with van der Waals surface area (Å²) in [5, 5.41) is 3.57. The van der Waals surface area contributed by atoms with Gasteiger partial charge in [-0.1, -0.05) is 54.6 Å². The van der Waals surface area contributed by atoms with Crippen LogP contribution in [-0.2, 0) is 16.1 Å². The van der Waals surface area contributed by atoms with Crippen molar-refractivity contribution in [1.29, 1.82) is 0 Å². The van der Waals surface area contributed by atoms with Crippen molar-refractivity contribution in [3.05, 3.63) is 113 Å². The topological polar surface area (TPSA) is 93.2 Å². The lowest BCUT2D eigenvalue weighted by atomic mass is 10.2. The minimum Gasteiger partial charge on any atom is -1.00 e. The summed E-state index contributed by atoms with van der Waals surface area (Å²) in [6.45, 7) is 2.94. The van der Waals surface area contributed by atoms with Gasteiger partial charge >= 0.3 is 11.9 Å². The molecule has 0 unspecified atom stereocenters. The predicted octanol–water partition coefficient (Wildman–Crippen LogP) is 0.851. The maximum absolute atomic E-state index is 14.5. The Labute approximate surface area is 255 Å². The van der Waals surface area contributed by atoms with Crippen LogP contribution < -0.4 is 38.7 Å². The largest absolute Gasteiger partial charge is 1.00 e. The van der Waals surface area contributed by atoms with Crippen molar-refractivity contribution in [2.24, 2.45) is 0 Å². The molecule has 2 amide bonds. The molecule has 4 aromatic rings. The van der Waals surface area contributed by atoms with Crippen molar-refractivity contribution in [2.75, 3.05) is 19.6 Å². The molecule has 2 fully saturated rings. The smallest absolute Gasteiger partial charge is 0.519 e. The van der Waals surface area contributed by atoms with Gasteiger partial charge in [-0.3, -0.25) is 4.79 Å². The quantitative estimate of drug-likeness (QED) is 0.276. The molecule has 1 aromatic heterocycles. The number of ether oxygens (including phenoxy) is 1. The van der Waals surface area contributed by atoms with E-state index in [0.717, 1.165) is 6.42 Å². The second-order valence-corrected chi connectivity index (χ2v) is 14.1. The number of hydrogen-bond donors (Lipinski definition) is 0. The Kier molecular flexibility index (Phi) is 8.99. The van der Waals surface area contributed by atoms with E-state index in [1.807, 2.05) is 23.1 Å². The Morgan fingerprint density at radius 3 is 1.88 bits per heavy atom. The van der Waals surface area contributed by atoms with Crippen LogP contribution in [-0.4, -0.2) is 53.1 Å². The van der Waals surface area contributed by atoms with E-state index in [2.05, 4.69) is 72.8 Å². The van der Waals surface area contributed by atoms with Crippen molar-refractivity contribution < 1.29 is 40.1 Å². The average Bonchev–Trinajstić information content (AvgIpc) is 3.73. The highest BCUT2D eigenvalue weighted by Crippen LogP contribution is 2.62. The van der Waals surface area contributed by atoms with Crippen LogP contribution in [0.2, 0.25) is 0 Å². The van der Waals surface area contributed by atoms with E-state index >= 15 is 0 Å². The SMILES string of the molecule is Cc1oc(=O)oc1COC(=O)N1CC[C@@H](N2CC[C@H]([P+](c3ccccc3)(c3ccccc3)c3ccccc3)C2=O)C1.[Br-]. The minimum absolute atomic E-state index is 0. The Morgan fingerprint density at radius 1 is 0.833 bits per heavy atom. The first-order chi connectivity index (χ1) is 20.0. The van der Waals surface area contributed by atoms with Crippen LogP contribution in [0, 0.1) is 6.92 Å². The van der Waals surface area contributed by atoms with Gasteiger partial charge in [0, 0.05) is 26.1 Å². The third-order valence-corrected chi connectivity index (χ3v) is 12.9. The standard InChI is InChI=1S/C32H32N2O6P.BrH/c1-23-28(40-32(37)39-23)22-38-31(36)33-19-17-24(21-33)34-20-18-29(30(34)35)41(25-11-5-2-6-12-25,26-13-7-3-8-14-26)27-15-9-4-10-16-27;/h2-16,24,29H,17-22H2,1H3;1H/q+1;/p-1/t24-,29+;/m1./s1. The molecule has 0 aliphatic carbocycles. The average molecular weight is 651 g/mol. The molecule has 2 atom stereocenters. The summed E-state index contributed by atoms with van der Waals surface area (Å²) in [5.41, 5.74) is -0.206. The molecule has 0 saturated carbocycles. The number of carbonyl (C=O) groups is 2. The number of amides is 2. The molecule has 6 rings (SSSR count). The van der Waals surface area contributed by atoms with Crippen LogP contribution in [0.25, 0.3) is 0 Å². The van der Waals surface area contributed by atoms with Gasteiger partial charge in [0.15, 0.2) is 23.8 Å². The molecule has 3 heterocycles. The molecular formula is C32H32BrN2O6P. The van der Waals surface area contributed by atoms with Gasteiger partial charge in [-0.25, -0.2) is 9.59 Å². The fourth-order valence-corrected chi connectivity index (χ4v) is 11.2. The molecule has 8 nitrogen and oxygen atoms in total.